The molecule has 0 heterocycles. The average Bonchev–Trinajstić information content (AvgIpc) is 2.97. The third kappa shape index (κ3) is 11.9. The molecular weight excluding hydrogens is 630 g/mol. The largest absolute Gasteiger partial charge is 0.490 e. The Labute approximate surface area is 256 Å². The van der Waals surface area contributed by atoms with Gasteiger partial charge in [0.1, 0.15) is 11.5 Å². The van der Waals surface area contributed by atoms with Crippen molar-refractivity contribution in [1.29, 1.82) is 0 Å². The number of carbonyl (C=O) groups excluding carboxylic acids is 1. The molecule has 0 spiro atoms. The first kappa shape index (κ1) is 36.1. The fourth-order valence-corrected chi connectivity index (χ4v) is 2.98. The standard InChI is InChI=1S/C25H22N4O3.2C2HF3O2/c26-17-9-1-5-13-21(17)31-23-15-7-3-11-19(23)28-25(30)29-20-12-4-8-16-24(20)32-22-14-6-2-10-18(22)27;2*3-2(4,5)1(6)7/h1-16H,26-27H2,(H2,28,29,30);2*(H,6,7). The smallest absolute Gasteiger partial charge is 0.475 e. The summed E-state index contributed by atoms with van der Waals surface area (Å²) in [5.41, 5.74) is 13.9. The van der Waals surface area contributed by atoms with Gasteiger partial charge in [-0.25, -0.2) is 14.4 Å². The fraction of sp³-hybridized carbons (Fsp3) is 0.0690. The Balaban J connectivity index is 0.000000440. The second kappa shape index (κ2) is 16.1. The van der Waals surface area contributed by atoms with Crippen molar-refractivity contribution in [1.82, 2.24) is 0 Å². The van der Waals surface area contributed by atoms with Gasteiger partial charge in [-0.1, -0.05) is 48.5 Å². The van der Waals surface area contributed by atoms with Gasteiger partial charge in [0, 0.05) is 0 Å². The van der Waals surface area contributed by atoms with Gasteiger partial charge in [-0.3, -0.25) is 0 Å². The number of hydrogen-bond acceptors (Lipinski definition) is 7. The number of hydrogen-bond donors (Lipinski definition) is 6. The van der Waals surface area contributed by atoms with Crippen molar-refractivity contribution in [2.24, 2.45) is 0 Å². The summed E-state index contributed by atoms with van der Waals surface area (Å²) in [7, 11) is 0. The van der Waals surface area contributed by atoms with Gasteiger partial charge in [-0.15, -0.1) is 0 Å². The van der Waals surface area contributed by atoms with Crippen molar-refractivity contribution in [2.45, 2.75) is 12.4 Å². The van der Waals surface area contributed by atoms with E-state index in [1.807, 2.05) is 36.4 Å². The summed E-state index contributed by atoms with van der Waals surface area (Å²) in [6, 6.07) is 28.0. The molecule has 46 heavy (non-hydrogen) atoms. The summed E-state index contributed by atoms with van der Waals surface area (Å²) in [6.07, 6.45) is -10.2. The van der Waals surface area contributed by atoms with Crippen LogP contribution in [0.5, 0.6) is 23.0 Å². The molecule has 2 amide bonds. The van der Waals surface area contributed by atoms with Crippen molar-refractivity contribution in [3.63, 3.8) is 0 Å². The van der Waals surface area contributed by atoms with Crippen LogP contribution < -0.4 is 31.6 Å². The maximum absolute atomic E-state index is 12.7. The molecular formula is C29H24F6N4O7. The number of nitrogens with one attached hydrogen (secondary N) is 2. The van der Waals surface area contributed by atoms with Gasteiger partial charge in [0.15, 0.2) is 11.5 Å². The van der Waals surface area contributed by atoms with Gasteiger partial charge in [-0.2, -0.15) is 26.3 Å². The molecule has 0 fully saturated rings. The topological polar surface area (TPSA) is 186 Å². The van der Waals surface area contributed by atoms with E-state index >= 15 is 0 Å². The summed E-state index contributed by atoms with van der Waals surface area (Å²) < 4.78 is 75.3. The van der Waals surface area contributed by atoms with Crippen LogP contribution in [-0.4, -0.2) is 40.5 Å². The van der Waals surface area contributed by atoms with Crippen molar-refractivity contribution >= 4 is 40.7 Å². The van der Waals surface area contributed by atoms with E-state index in [9.17, 15) is 31.1 Å². The Hall–Kier alpha value is -6.13. The van der Waals surface area contributed by atoms with Crippen LogP contribution in [0.3, 0.4) is 0 Å². The number of alkyl halides is 6. The number of halogens is 6. The first-order chi connectivity index (χ1) is 21.5. The van der Waals surface area contributed by atoms with Crippen molar-refractivity contribution < 1.29 is 60.4 Å². The van der Waals surface area contributed by atoms with Gasteiger partial charge in [0.2, 0.25) is 0 Å². The maximum atomic E-state index is 12.7. The Morgan fingerprint density at radius 1 is 0.522 bits per heavy atom. The monoisotopic (exact) mass is 654 g/mol. The number of carboxylic acid groups (broad SMARTS) is 2. The predicted molar refractivity (Wildman–Crippen MR) is 155 cm³/mol. The third-order valence-corrected chi connectivity index (χ3v) is 5.03. The van der Waals surface area contributed by atoms with Crippen LogP contribution in [0.15, 0.2) is 97.1 Å². The second-order valence-corrected chi connectivity index (χ2v) is 8.46. The van der Waals surface area contributed by atoms with Crippen LogP contribution >= 0.6 is 0 Å². The Bertz CT molecular complexity index is 1530. The van der Waals surface area contributed by atoms with E-state index in [1.54, 1.807) is 60.7 Å². The minimum absolute atomic E-state index is 0.459. The van der Waals surface area contributed by atoms with Crippen molar-refractivity contribution in [3.05, 3.63) is 97.1 Å². The Morgan fingerprint density at radius 3 is 1.07 bits per heavy atom. The van der Waals surface area contributed by atoms with Gasteiger partial charge >= 0.3 is 30.3 Å². The number of anilines is 4. The normalized spacial score (nSPS) is 10.6. The molecule has 0 unspecified atom stereocenters. The molecule has 4 aromatic carbocycles. The first-order valence-electron chi connectivity index (χ1n) is 12.4. The molecule has 17 heteroatoms. The summed E-state index contributed by atoms with van der Waals surface area (Å²) in [5, 5.41) is 19.9. The molecule has 0 atom stereocenters. The van der Waals surface area contributed by atoms with Crippen LogP contribution in [0.2, 0.25) is 0 Å². The highest BCUT2D eigenvalue weighted by Gasteiger charge is 2.38. The molecule has 0 radical (unpaired) electrons. The van der Waals surface area contributed by atoms with Gasteiger partial charge in [0.25, 0.3) is 0 Å². The van der Waals surface area contributed by atoms with Gasteiger partial charge in [-0.05, 0) is 48.5 Å². The zero-order chi connectivity index (χ0) is 34.5. The van der Waals surface area contributed by atoms with Crippen LogP contribution in [0, 0.1) is 0 Å². The number of urea groups is 1. The zero-order valence-electron chi connectivity index (χ0n) is 23.1. The molecule has 4 aromatic rings. The number of nitrogen functional groups attached to an aromatic ring is 2. The maximum Gasteiger partial charge on any atom is 0.490 e. The van der Waals surface area contributed by atoms with Crippen LogP contribution in [-0.2, 0) is 9.59 Å². The summed E-state index contributed by atoms with van der Waals surface area (Å²) in [4.78, 5) is 30.5. The molecule has 0 bridgehead atoms. The minimum Gasteiger partial charge on any atom is -0.475 e. The number of ether oxygens (including phenoxy) is 2. The number of benzene rings is 4. The fourth-order valence-electron chi connectivity index (χ4n) is 2.98. The lowest BCUT2D eigenvalue weighted by molar-refractivity contribution is -0.193. The SMILES string of the molecule is Nc1ccccc1Oc1ccccc1NC(=O)Nc1ccccc1Oc1ccccc1N.O=C(O)C(F)(F)F.O=C(O)C(F)(F)F. The zero-order valence-corrected chi connectivity index (χ0v) is 23.1. The Morgan fingerprint density at radius 2 is 0.783 bits per heavy atom. The summed E-state index contributed by atoms with van der Waals surface area (Å²) >= 11 is 0. The molecule has 0 aliphatic carbocycles. The number of carbonyl (C=O) groups is 3. The van der Waals surface area contributed by atoms with Crippen LogP contribution in [0.25, 0.3) is 0 Å². The summed E-state index contributed by atoms with van der Waals surface area (Å²) in [6.45, 7) is 0. The molecule has 244 valence electrons. The van der Waals surface area contributed by atoms with Gasteiger partial charge < -0.3 is 41.8 Å². The lowest BCUT2D eigenvalue weighted by Crippen LogP contribution is -2.21. The molecule has 11 nitrogen and oxygen atoms in total. The van der Waals surface area contributed by atoms with E-state index in [1.165, 1.54) is 0 Å². The number of amides is 2. The van der Waals surface area contributed by atoms with Gasteiger partial charge in [0.05, 0.1) is 22.7 Å². The molecule has 0 saturated heterocycles. The second-order valence-electron chi connectivity index (χ2n) is 8.46. The highest BCUT2D eigenvalue weighted by atomic mass is 19.4. The van der Waals surface area contributed by atoms with E-state index in [2.05, 4.69) is 10.6 Å². The van der Waals surface area contributed by atoms with Crippen LogP contribution in [0.4, 0.5) is 53.9 Å². The highest BCUT2D eigenvalue weighted by molar-refractivity contribution is 6.01. The molecule has 0 saturated carbocycles. The number of para-hydroxylation sites is 8. The molecule has 8 N–H and O–H groups in total. The van der Waals surface area contributed by atoms with Crippen LogP contribution in [0.1, 0.15) is 0 Å². The minimum atomic E-state index is -5.08. The number of aliphatic carboxylic acids is 2. The molecule has 0 aliphatic rings. The van der Waals surface area contributed by atoms with E-state index in [0.717, 1.165) is 0 Å². The molecule has 4 rings (SSSR count). The Kier molecular flexibility index (Phi) is 12.6. The van der Waals surface area contributed by atoms with E-state index in [0.29, 0.717) is 45.7 Å². The van der Waals surface area contributed by atoms with E-state index < -0.39 is 30.3 Å². The summed E-state index contributed by atoms with van der Waals surface area (Å²) in [5.74, 6) is -3.59. The number of rotatable bonds is 6. The molecule has 0 aromatic heterocycles. The molecule has 0 aliphatic heterocycles. The lowest BCUT2D eigenvalue weighted by atomic mass is 10.2. The van der Waals surface area contributed by atoms with E-state index in [4.69, 9.17) is 40.7 Å². The predicted octanol–water partition coefficient (Wildman–Crippen LogP) is 7.35. The highest BCUT2D eigenvalue weighted by Crippen LogP contribution is 2.34. The lowest BCUT2D eigenvalue weighted by Gasteiger charge is -2.15. The number of nitrogens with two attached hydrogens (primary N) is 2. The third-order valence-electron chi connectivity index (χ3n) is 5.03. The van der Waals surface area contributed by atoms with Crippen molar-refractivity contribution in [2.75, 3.05) is 22.1 Å². The number of carboxylic acids is 2. The van der Waals surface area contributed by atoms with Crippen molar-refractivity contribution in [3.8, 4) is 23.0 Å². The first-order valence-corrected chi connectivity index (χ1v) is 12.4. The quantitative estimate of drug-likeness (QED) is 0.0913. The average molecular weight is 655 g/mol. The van der Waals surface area contributed by atoms with E-state index in [-0.39, 0.29) is 0 Å².